The zero-order chi connectivity index (χ0) is 15.4. The van der Waals surface area contributed by atoms with Gasteiger partial charge >= 0.3 is 5.97 Å². The van der Waals surface area contributed by atoms with E-state index in [-0.39, 0.29) is 5.91 Å². The molecule has 2 rings (SSSR count). The summed E-state index contributed by atoms with van der Waals surface area (Å²) in [5, 5.41) is 12.2. The second-order valence-electron chi connectivity index (χ2n) is 5.51. The number of aryl methyl sites for hydroxylation is 1. The fourth-order valence-corrected chi connectivity index (χ4v) is 2.63. The molecule has 0 aliphatic carbocycles. The number of nitrogens with zero attached hydrogens (tertiary/aromatic N) is 1. The number of carboxylic acid groups (broad SMARTS) is 1. The van der Waals surface area contributed by atoms with Gasteiger partial charge in [0.05, 0.1) is 6.04 Å². The number of nitrogens with one attached hydrogen (secondary N) is 1. The molecule has 2 atom stereocenters. The quantitative estimate of drug-likeness (QED) is 0.840. The highest BCUT2D eigenvalue weighted by atomic mass is 16.4. The van der Waals surface area contributed by atoms with Gasteiger partial charge in [0, 0.05) is 12.2 Å². The smallest absolute Gasteiger partial charge is 0.320 e. The monoisotopic (exact) mass is 290 g/mol. The van der Waals surface area contributed by atoms with Crippen LogP contribution in [-0.4, -0.2) is 35.6 Å². The molecule has 0 saturated carbocycles. The van der Waals surface area contributed by atoms with Crippen LogP contribution in [0.25, 0.3) is 0 Å². The lowest BCUT2D eigenvalue weighted by molar-refractivity contribution is -0.140. The van der Waals surface area contributed by atoms with Crippen LogP contribution in [0.4, 0.5) is 5.69 Å². The van der Waals surface area contributed by atoms with Crippen LogP contribution in [0.15, 0.2) is 24.3 Å². The zero-order valence-corrected chi connectivity index (χ0v) is 12.5. The SMILES string of the molecule is CCCC(NC1CCN(c2ccc(C)cc2)C1=O)C(=O)O. The summed E-state index contributed by atoms with van der Waals surface area (Å²) in [5.41, 5.74) is 2.02. The lowest BCUT2D eigenvalue weighted by atomic mass is 10.1. The van der Waals surface area contributed by atoms with Crippen LogP contribution in [0.3, 0.4) is 0 Å². The normalized spacial score (nSPS) is 19.8. The van der Waals surface area contributed by atoms with Crippen molar-refractivity contribution in [1.29, 1.82) is 0 Å². The zero-order valence-electron chi connectivity index (χ0n) is 12.5. The molecule has 1 aliphatic rings. The summed E-state index contributed by atoms with van der Waals surface area (Å²) in [6, 6.07) is 6.74. The Kier molecular flexibility index (Phi) is 4.96. The van der Waals surface area contributed by atoms with Crippen molar-refractivity contribution in [3.8, 4) is 0 Å². The van der Waals surface area contributed by atoms with E-state index in [0.717, 1.165) is 17.7 Å². The van der Waals surface area contributed by atoms with E-state index >= 15 is 0 Å². The van der Waals surface area contributed by atoms with Crippen molar-refractivity contribution < 1.29 is 14.7 Å². The third kappa shape index (κ3) is 3.61. The maximum Gasteiger partial charge on any atom is 0.320 e. The van der Waals surface area contributed by atoms with E-state index in [1.807, 2.05) is 38.1 Å². The van der Waals surface area contributed by atoms with Crippen molar-refractivity contribution in [2.45, 2.75) is 45.2 Å². The largest absolute Gasteiger partial charge is 0.480 e. The molecule has 0 aromatic heterocycles. The number of anilines is 1. The highest BCUT2D eigenvalue weighted by Gasteiger charge is 2.34. The Bertz CT molecular complexity index is 513. The molecule has 114 valence electrons. The maximum atomic E-state index is 12.4. The first-order chi connectivity index (χ1) is 10.0. The van der Waals surface area contributed by atoms with E-state index in [9.17, 15) is 14.7 Å². The molecule has 2 unspecified atom stereocenters. The predicted molar refractivity (Wildman–Crippen MR) is 81.4 cm³/mol. The Balaban J connectivity index is 2.04. The average Bonchev–Trinajstić information content (AvgIpc) is 2.81. The van der Waals surface area contributed by atoms with E-state index in [2.05, 4.69) is 5.32 Å². The molecule has 0 bridgehead atoms. The Labute approximate surface area is 125 Å². The molecule has 2 N–H and O–H groups in total. The van der Waals surface area contributed by atoms with E-state index in [4.69, 9.17) is 0 Å². The fourth-order valence-electron chi connectivity index (χ4n) is 2.63. The molecule has 1 amide bonds. The molecular weight excluding hydrogens is 268 g/mol. The van der Waals surface area contributed by atoms with Gasteiger partial charge in [0.15, 0.2) is 0 Å². The third-order valence-electron chi connectivity index (χ3n) is 3.83. The lowest BCUT2D eigenvalue weighted by Gasteiger charge is -2.20. The van der Waals surface area contributed by atoms with Gasteiger partial charge in [-0.3, -0.25) is 14.9 Å². The van der Waals surface area contributed by atoms with Gasteiger partial charge < -0.3 is 10.0 Å². The Hall–Kier alpha value is -1.88. The number of carbonyl (C=O) groups excluding carboxylic acids is 1. The second kappa shape index (κ2) is 6.72. The lowest BCUT2D eigenvalue weighted by Crippen LogP contribution is -2.47. The molecule has 1 aromatic carbocycles. The number of rotatable bonds is 6. The summed E-state index contributed by atoms with van der Waals surface area (Å²) in [6.07, 6.45) is 1.94. The van der Waals surface area contributed by atoms with Crippen LogP contribution in [-0.2, 0) is 9.59 Å². The van der Waals surface area contributed by atoms with Crippen molar-refractivity contribution in [1.82, 2.24) is 5.32 Å². The maximum absolute atomic E-state index is 12.4. The summed E-state index contributed by atoms with van der Waals surface area (Å²) < 4.78 is 0. The first-order valence-corrected chi connectivity index (χ1v) is 7.39. The topological polar surface area (TPSA) is 69.6 Å². The van der Waals surface area contributed by atoms with Gasteiger partial charge in [-0.1, -0.05) is 31.0 Å². The summed E-state index contributed by atoms with van der Waals surface area (Å²) in [4.78, 5) is 25.3. The third-order valence-corrected chi connectivity index (χ3v) is 3.83. The van der Waals surface area contributed by atoms with Gasteiger partial charge in [0.1, 0.15) is 6.04 Å². The van der Waals surface area contributed by atoms with Crippen LogP contribution in [0.2, 0.25) is 0 Å². The minimum Gasteiger partial charge on any atom is -0.480 e. The molecule has 5 heteroatoms. The molecule has 21 heavy (non-hydrogen) atoms. The van der Waals surface area contributed by atoms with Gasteiger partial charge in [-0.15, -0.1) is 0 Å². The molecular formula is C16H22N2O3. The first-order valence-electron chi connectivity index (χ1n) is 7.39. The summed E-state index contributed by atoms with van der Waals surface area (Å²) >= 11 is 0. The van der Waals surface area contributed by atoms with Crippen molar-refractivity contribution in [3.05, 3.63) is 29.8 Å². The van der Waals surface area contributed by atoms with Gasteiger partial charge in [-0.2, -0.15) is 0 Å². The number of carboxylic acids is 1. The van der Waals surface area contributed by atoms with Gasteiger partial charge in [-0.05, 0) is 31.9 Å². The van der Waals surface area contributed by atoms with Crippen molar-refractivity contribution in [2.75, 3.05) is 11.4 Å². The van der Waals surface area contributed by atoms with Crippen molar-refractivity contribution in [3.63, 3.8) is 0 Å². The molecule has 1 aromatic rings. The molecule has 1 saturated heterocycles. The average molecular weight is 290 g/mol. The highest BCUT2D eigenvalue weighted by Crippen LogP contribution is 2.22. The van der Waals surface area contributed by atoms with E-state index < -0.39 is 18.1 Å². The van der Waals surface area contributed by atoms with Crippen LogP contribution in [0.5, 0.6) is 0 Å². The number of aliphatic carboxylic acids is 1. The summed E-state index contributed by atoms with van der Waals surface area (Å²) in [5.74, 6) is -0.931. The Morgan fingerprint density at radius 2 is 2.10 bits per heavy atom. The molecule has 1 fully saturated rings. The molecule has 0 radical (unpaired) electrons. The minimum atomic E-state index is -0.890. The van der Waals surface area contributed by atoms with E-state index in [0.29, 0.717) is 19.4 Å². The van der Waals surface area contributed by atoms with Gasteiger partial charge in [0.25, 0.3) is 0 Å². The number of amides is 1. The molecule has 1 heterocycles. The Morgan fingerprint density at radius 1 is 1.43 bits per heavy atom. The minimum absolute atomic E-state index is 0.0405. The first kappa shape index (κ1) is 15.5. The number of carbonyl (C=O) groups is 2. The van der Waals surface area contributed by atoms with Crippen molar-refractivity contribution >= 4 is 17.6 Å². The van der Waals surface area contributed by atoms with E-state index in [1.165, 1.54) is 0 Å². The fraction of sp³-hybridized carbons (Fsp3) is 0.500. The Morgan fingerprint density at radius 3 is 2.67 bits per heavy atom. The summed E-state index contributed by atoms with van der Waals surface area (Å²) in [6.45, 7) is 4.56. The molecule has 5 nitrogen and oxygen atoms in total. The van der Waals surface area contributed by atoms with Crippen molar-refractivity contribution in [2.24, 2.45) is 0 Å². The second-order valence-corrected chi connectivity index (χ2v) is 5.51. The van der Waals surface area contributed by atoms with Crippen LogP contribution in [0.1, 0.15) is 31.7 Å². The predicted octanol–water partition coefficient (Wildman–Crippen LogP) is 1.94. The number of hydrogen-bond acceptors (Lipinski definition) is 3. The summed E-state index contributed by atoms with van der Waals surface area (Å²) in [7, 11) is 0. The molecule has 0 spiro atoms. The standard InChI is InChI=1S/C16H22N2O3/c1-3-4-14(16(20)21)17-13-9-10-18(15(13)19)12-7-5-11(2)6-8-12/h5-8,13-14,17H,3-4,9-10H2,1-2H3,(H,20,21). The van der Waals surface area contributed by atoms with Crippen LogP contribution in [0, 0.1) is 6.92 Å². The van der Waals surface area contributed by atoms with Gasteiger partial charge in [0.2, 0.25) is 5.91 Å². The van der Waals surface area contributed by atoms with Gasteiger partial charge in [-0.25, -0.2) is 0 Å². The van der Waals surface area contributed by atoms with E-state index in [1.54, 1.807) is 4.90 Å². The van der Waals surface area contributed by atoms with Crippen LogP contribution < -0.4 is 10.2 Å². The number of hydrogen-bond donors (Lipinski definition) is 2. The number of benzene rings is 1. The van der Waals surface area contributed by atoms with Crippen LogP contribution >= 0.6 is 0 Å². The highest BCUT2D eigenvalue weighted by molar-refractivity contribution is 5.99. The molecule has 1 aliphatic heterocycles.